The lowest BCUT2D eigenvalue weighted by Gasteiger charge is -2.21. The lowest BCUT2D eigenvalue weighted by atomic mass is 10.1. The SMILES string of the molecule is CC(CO)N(C)CC(=O)c1cccc(Cl)c1. The average molecular weight is 242 g/mol. The van der Waals surface area contributed by atoms with Gasteiger partial charge in [-0.3, -0.25) is 9.69 Å². The van der Waals surface area contributed by atoms with E-state index < -0.39 is 0 Å². The van der Waals surface area contributed by atoms with Crippen LogP contribution >= 0.6 is 11.6 Å². The van der Waals surface area contributed by atoms with Crippen molar-refractivity contribution >= 4 is 17.4 Å². The number of carbonyl (C=O) groups is 1. The quantitative estimate of drug-likeness (QED) is 0.800. The van der Waals surface area contributed by atoms with Gasteiger partial charge in [-0.2, -0.15) is 0 Å². The molecule has 0 radical (unpaired) electrons. The van der Waals surface area contributed by atoms with Gasteiger partial charge in [0.05, 0.1) is 13.2 Å². The third kappa shape index (κ3) is 3.59. The molecule has 1 atom stereocenters. The molecule has 16 heavy (non-hydrogen) atoms. The summed E-state index contributed by atoms with van der Waals surface area (Å²) in [6, 6.07) is 6.86. The van der Waals surface area contributed by atoms with Crippen molar-refractivity contribution in [3.63, 3.8) is 0 Å². The first-order chi connectivity index (χ1) is 7.54. The summed E-state index contributed by atoms with van der Waals surface area (Å²) < 4.78 is 0. The van der Waals surface area contributed by atoms with Crippen LogP contribution in [0.1, 0.15) is 17.3 Å². The van der Waals surface area contributed by atoms with Gasteiger partial charge in [0.2, 0.25) is 0 Å². The topological polar surface area (TPSA) is 40.5 Å². The highest BCUT2D eigenvalue weighted by molar-refractivity contribution is 6.31. The van der Waals surface area contributed by atoms with E-state index >= 15 is 0 Å². The summed E-state index contributed by atoms with van der Waals surface area (Å²) in [5.74, 6) is 0.00491. The Hall–Kier alpha value is -0.900. The molecule has 0 aliphatic carbocycles. The smallest absolute Gasteiger partial charge is 0.176 e. The number of rotatable bonds is 5. The lowest BCUT2D eigenvalue weighted by Crippen LogP contribution is -2.36. The van der Waals surface area contributed by atoms with Gasteiger partial charge in [0.25, 0.3) is 0 Å². The Bertz CT molecular complexity index is 368. The molecule has 1 aromatic rings. The zero-order chi connectivity index (χ0) is 12.1. The van der Waals surface area contributed by atoms with Crippen molar-refractivity contribution in [2.75, 3.05) is 20.2 Å². The fourth-order valence-corrected chi connectivity index (χ4v) is 1.47. The predicted octanol–water partition coefficient (Wildman–Crippen LogP) is 1.84. The van der Waals surface area contributed by atoms with E-state index in [1.54, 1.807) is 24.3 Å². The number of ketones is 1. The molecule has 0 aliphatic heterocycles. The molecule has 0 amide bonds. The molecule has 1 N–H and O–H groups in total. The van der Waals surface area contributed by atoms with Gasteiger partial charge < -0.3 is 5.11 Å². The highest BCUT2D eigenvalue weighted by Crippen LogP contribution is 2.11. The summed E-state index contributed by atoms with van der Waals surface area (Å²) in [4.78, 5) is 13.7. The summed E-state index contributed by atoms with van der Waals surface area (Å²) >= 11 is 5.81. The van der Waals surface area contributed by atoms with Gasteiger partial charge in [-0.25, -0.2) is 0 Å². The van der Waals surface area contributed by atoms with Gasteiger partial charge in [-0.15, -0.1) is 0 Å². The van der Waals surface area contributed by atoms with E-state index in [2.05, 4.69) is 0 Å². The monoisotopic (exact) mass is 241 g/mol. The molecule has 0 fully saturated rings. The second kappa shape index (κ2) is 5.99. The Morgan fingerprint density at radius 1 is 1.56 bits per heavy atom. The Morgan fingerprint density at radius 2 is 2.25 bits per heavy atom. The first-order valence-electron chi connectivity index (χ1n) is 5.14. The standard InChI is InChI=1S/C12H16ClNO2/c1-9(8-15)14(2)7-12(16)10-4-3-5-11(13)6-10/h3-6,9,15H,7-8H2,1-2H3. The maximum atomic E-state index is 11.8. The molecule has 0 bridgehead atoms. The zero-order valence-corrected chi connectivity index (χ0v) is 10.2. The highest BCUT2D eigenvalue weighted by Gasteiger charge is 2.13. The van der Waals surface area contributed by atoms with E-state index in [-0.39, 0.29) is 25.0 Å². The fraction of sp³-hybridized carbons (Fsp3) is 0.417. The van der Waals surface area contributed by atoms with Crippen LogP contribution in [0.25, 0.3) is 0 Å². The fourth-order valence-electron chi connectivity index (χ4n) is 1.27. The molecule has 88 valence electrons. The molecular weight excluding hydrogens is 226 g/mol. The van der Waals surface area contributed by atoms with Crippen LogP contribution in [0.2, 0.25) is 5.02 Å². The van der Waals surface area contributed by atoms with Crippen LogP contribution in [0, 0.1) is 0 Å². The van der Waals surface area contributed by atoms with Crippen LogP contribution < -0.4 is 0 Å². The molecule has 1 aromatic carbocycles. The van der Waals surface area contributed by atoms with Crippen LogP contribution in [-0.4, -0.2) is 42.0 Å². The number of benzene rings is 1. The first-order valence-corrected chi connectivity index (χ1v) is 5.52. The minimum Gasteiger partial charge on any atom is -0.395 e. The first kappa shape index (κ1) is 13.2. The lowest BCUT2D eigenvalue weighted by molar-refractivity contribution is 0.0890. The Kier molecular flexibility index (Phi) is 4.93. The van der Waals surface area contributed by atoms with Crippen LogP contribution in [0.5, 0.6) is 0 Å². The van der Waals surface area contributed by atoms with Crippen molar-refractivity contribution < 1.29 is 9.90 Å². The van der Waals surface area contributed by atoms with E-state index in [1.165, 1.54) is 0 Å². The Balaban J connectivity index is 2.66. The number of likely N-dealkylation sites (N-methyl/N-ethyl adjacent to an activating group) is 1. The molecule has 0 saturated heterocycles. The second-order valence-corrected chi connectivity index (χ2v) is 4.32. The zero-order valence-electron chi connectivity index (χ0n) is 9.48. The molecular formula is C12H16ClNO2. The molecule has 3 nitrogen and oxygen atoms in total. The van der Waals surface area contributed by atoms with Crippen molar-refractivity contribution in [3.05, 3.63) is 34.9 Å². The maximum absolute atomic E-state index is 11.8. The molecule has 1 rings (SSSR count). The van der Waals surface area contributed by atoms with Crippen LogP contribution in [0.3, 0.4) is 0 Å². The van der Waals surface area contributed by atoms with Crippen LogP contribution in [0.4, 0.5) is 0 Å². The third-order valence-electron chi connectivity index (χ3n) is 2.56. The van der Waals surface area contributed by atoms with Gasteiger partial charge in [0, 0.05) is 16.6 Å². The highest BCUT2D eigenvalue weighted by atomic mass is 35.5. The molecule has 0 heterocycles. The number of carbonyl (C=O) groups excluding carboxylic acids is 1. The van der Waals surface area contributed by atoms with E-state index in [0.29, 0.717) is 10.6 Å². The van der Waals surface area contributed by atoms with Gasteiger partial charge in [0.1, 0.15) is 0 Å². The summed E-state index contributed by atoms with van der Waals surface area (Å²) in [6.45, 7) is 2.19. The number of Topliss-reactive ketones (excluding diaryl/α,β-unsaturated/α-hetero) is 1. The van der Waals surface area contributed by atoms with Crippen molar-refractivity contribution in [1.29, 1.82) is 0 Å². The van der Waals surface area contributed by atoms with Crippen molar-refractivity contribution in [2.24, 2.45) is 0 Å². The summed E-state index contributed by atoms with van der Waals surface area (Å²) in [7, 11) is 1.81. The van der Waals surface area contributed by atoms with E-state index in [0.717, 1.165) is 0 Å². The minimum atomic E-state index is -0.0249. The number of hydrogen-bond acceptors (Lipinski definition) is 3. The average Bonchev–Trinajstić information content (AvgIpc) is 2.27. The van der Waals surface area contributed by atoms with Gasteiger partial charge in [-0.05, 0) is 26.1 Å². The third-order valence-corrected chi connectivity index (χ3v) is 2.79. The van der Waals surface area contributed by atoms with E-state index in [4.69, 9.17) is 16.7 Å². The summed E-state index contributed by atoms with van der Waals surface area (Å²) in [6.07, 6.45) is 0. The number of nitrogens with zero attached hydrogens (tertiary/aromatic N) is 1. The van der Waals surface area contributed by atoms with Gasteiger partial charge in [0.15, 0.2) is 5.78 Å². The molecule has 0 aromatic heterocycles. The summed E-state index contributed by atoms with van der Waals surface area (Å²) in [5, 5.41) is 9.52. The van der Waals surface area contributed by atoms with Crippen LogP contribution in [0.15, 0.2) is 24.3 Å². The molecule has 0 aliphatic rings. The second-order valence-electron chi connectivity index (χ2n) is 3.88. The summed E-state index contributed by atoms with van der Waals surface area (Å²) in [5.41, 5.74) is 0.601. The number of hydrogen-bond donors (Lipinski definition) is 1. The number of aliphatic hydroxyl groups excluding tert-OH is 1. The predicted molar refractivity (Wildman–Crippen MR) is 65.0 cm³/mol. The van der Waals surface area contributed by atoms with E-state index in [1.807, 2.05) is 18.9 Å². The Morgan fingerprint density at radius 3 is 2.81 bits per heavy atom. The Labute approximate surface area is 101 Å². The van der Waals surface area contributed by atoms with Crippen molar-refractivity contribution in [2.45, 2.75) is 13.0 Å². The van der Waals surface area contributed by atoms with Gasteiger partial charge >= 0.3 is 0 Å². The van der Waals surface area contributed by atoms with Gasteiger partial charge in [-0.1, -0.05) is 23.7 Å². The number of aliphatic hydroxyl groups is 1. The molecule has 1 unspecified atom stereocenters. The molecule has 4 heteroatoms. The maximum Gasteiger partial charge on any atom is 0.176 e. The van der Waals surface area contributed by atoms with E-state index in [9.17, 15) is 4.79 Å². The molecule has 0 saturated carbocycles. The largest absolute Gasteiger partial charge is 0.395 e. The van der Waals surface area contributed by atoms with Crippen LogP contribution in [-0.2, 0) is 0 Å². The minimum absolute atomic E-state index is 0.00491. The van der Waals surface area contributed by atoms with Crippen molar-refractivity contribution in [1.82, 2.24) is 4.90 Å². The molecule has 0 spiro atoms. The van der Waals surface area contributed by atoms with Crippen molar-refractivity contribution in [3.8, 4) is 0 Å². The normalized spacial score (nSPS) is 12.8. The number of halogens is 1.